The van der Waals surface area contributed by atoms with Crippen molar-refractivity contribution in [3.63, 3.8) is 0 Å². The van der Waals surface area contributed by atoms with Crippen LogP contribution in [0.25, 0.3) is 0 Å². The fourth-order valence-electron chi connectivity index (χ4n) is 2.70. The van der Waals surface area contributed by atoms with Gasteiger partial charge in [0.2, 0.25) is 5.91 Å². The number of aromatic nitrogens is 3. The van der Waals surface area contributed by atoms with Crippen LogP contribution in [0.5, 0.6) is 0 Å². The van der Waals surface area contributed by atoms with E-state index in [1.807, 2.05) is 30.7 Å². The summed E-state index contributed by atoms with van der Waals surface area (Å²) >= 11 is 0. The summed E-state index contributed by atoms with van der Waals surface area (Å²) in [6.07, 6.45) is 2.35. The SMILES string of the molecule is CC(NC(=O)[C@H]1Cc2ccccc2CN1)c1nncn1C. The minimum absolute atomic E-state index is 0.00000283. The Morgan fingerprint density at radius 2 is 2.19 bits per heavy atom. The first-order valence-electron chi connectivity index (χ1n) is 7.09. The van der Waals surface area contributed by atoms with Gasteiger partial charge in [-0.2, -0.15) is 0 Å². The minimum Gasteiger partial charge on any atom is -0.345 e. The number of hydrogen-bond acceptors (Lipinski definition) is 4. The van der Waals surface area contributed by atoms with Crippen molar-refractivity contribution in [1.82, 2.24) is 25.4 Å². The van der Waals surface area contributed by atoms with Gasteiger partial charge in [-0.3, -0.25) is 4.79 Å². The standard InChI is InChI=1S/C15H19N5O/c1-10(14-19-17-9-20(14)2)18-15(21)13-7-11-5-3-4-6-12(11)8-16-13/h3-6,9-10,13,16H,7-8H2,1-2H3,(H,18,21)/t10?,13-/m1/s1. The lowest BCUT2D eigenvalue weighted by molar-refractivity contribution is -0.124. The Morgan fingerprint density at radius 3 is 2.90 bits per heavy atom. The third-order valence-corrected chi connectivity index (χ3v) is 3.89. The number of aryl methyl sites for hydroxylation is 1. The summed E-state index contributed by atoms with van der Waals surface area (Å²) in [5.74, 6) is 0.750. The monoisotopic (exact) mass is 285 g/mol. The molecule has 1 amide bonds. The highest BCUT2D eigenvalue weighted by molar-refractivity contribution is 5.82. The number of nitrogens with one attached hydrogen (secondary N) is 2. The minimum atomic E-state index is -0.199. The Balaban J connectivity index is 1.66. The van der Waals surface area contributed by atoms with Crippen molar-refractivity contribution in [2.45, 2.75) is 32.0 Å². The van der Waals surface area contributed by atoms with Crippen LogP contribution in [0.15, 0.2) is 30.6 Å². The number of benzene rings is 1. The summed E-state index contributed by atoms with van der Waals surface area (Å²) in [6, 6.07) is 7.86. The molecule has 0 saturated heterocycles. The molecule has 3 rings (SSSR count). The van der Waals surface area contributed by atoms with Gasteiger partial charge in [0.15, 0.2) is 5.82 Å². The maximum Gasteiger partial charge on any atom is 0.238 e. The first-order chi connectivity index (χ1) is 10.1. The van der Waals surface area contributed by atoms with Crippen molar-refractivity contribution in [3.8, 4) is 0 Å². The average molecular weight is 285 g/mol. The second-order valence-corrected chi connectivity index (χ2v) is 5.44. The van der Waals surface area contributed by atoms with Crippen LogP contribution in [0.3, 0.4) is 0 Å². The molecular weight excluding hydrogens is 266 g/mol. The Morgan fingerprint density at radius 1 is 1.43 bits per heavy atom. The highest BCUT2D eigenvalue weighted by atomic mass is 16.2. The third-order valence-electron chi connectivity index (χ3n) is 3.89. The van der Waals surface area contributed by atoms with Crippen LogP contribution >= 0.6 is 0 Å². The lowest BCUT2D eigenvalue weighted by Gasteiger charge is -2.26. The molecule has 2 heterocycles. The zero-order chi connectivity index (χ0) is 14.8. The number of carbonyl (C=O) groups is 1. The highest BCUT2D eigenvalue weighted by Crippen LogP contribution is 2.17. The van der Waals surface area contributed by atoms with Crippen LogP contribution in [0.1, 0.15) is 29.9 Å². The van der Waals surface area contributed by atoms with Crippen molar-refractivity contribution >= 4 is 5.91 Å². The zero-order valence-electron chi connectivity index (χ0n) is 12.2. The van der Waals surface area contributed by atoms with Gasteiger partial charge in [0.25, 0.3) is 0 Å². The number of amides is 1. The summed E-state index contributed by atoms with van der Waals surface area (Å²) in [4.78, 5) is 12.4. The van der Waals surface area contributed by atoms with Gasteiger partial charge in [0.1, 0.15) is 6.33 Å². The Hall–Kier alpha value is -2.21. The molecule has 0 aliphatic carbocycles. The van der Waals surface area contributed by atoms with E-state index in [0.29, 0.717) is 6.42 Å². The van der Waals surface area contributed by atoms with Crippen LogP contribution in [-0.4, -0.2) is 26.7 Å². The van der Waals surface area contributed by atoms with E-state index in [9.17, 15) is 4.79 Å². The van der Waals surface area contributed by atoms with Crippen LogP contribution in [0.2, 0.25) is 0 Å². The van der Waals surface area contributed by atoms with Gasteiger partial charge < -0.3 is 15.2 Å². The maximum absolute atomic E-state index is 12.4. The summed E-state index contributed by atoms with van der Waals surface area (Å²) < 4.78 is 1.81. The van der Waals surface area contributed by atoms with E-state index in [1.54, 1.807) is 6.33 Å². The molecule has 0 saturated carbocycles. The summed E-state index contributed by atoms with van der Waals surface area (Å²) in [7, 11) is 1.87. The smallest absolute Gasteiger partial charge is 0.238 e. The molecule has 1 aliphatic rings. The Bertz CT molecular complexity index is 651. The number of rotatable bonds is 3. The fraction of sp³-hybridized carbons (Fsp3) is 0.400. The van der Waals surface area contributed by atoms with Crippen molar-refractivity contribution in [2.75, 3.05) is 0 Å². The molecule has 0 spiro atoms. The van der Waals surface area contributed by atoms with Crippen LogP contribution in [-0.2, 0) is 24.8 Å². The van der Waals surface area contributed by atoms with Gasteiger partial charge in [-0.15, -0.1) is 10.2 Å². The summed E-state index contributed by atoms with van der Waals surface area (Å²) in [5.41, 5.74) is 2.51. The van der Waals surface area contributed by atoms with E-state index in [-0.39, 0.29) is 18.0 Å². The second-order valence-electron chi connectivity index (χ2n) is 5.44. The molecule has 1 aliphatic heterocycles. The Kier molecular flexibility index (Phi) is 3.70. The van der Waals surface area contributed by atoms with E-state index in [4.69, 9.17) is 0 Å². The first-order valence-corrected chi connectivity index (χ1v) is 7.09. The van der Waals surface area contributed by atoms with Gasteiger partial charge in [0, 0.05) is 13.6 Å². The van der Waals surface area contributed by atoms with E-state index < -0.39 is 0 Å². The van der Waals surface area contributed by atoms with Gasteiger partial charge >= 0.3 is 0 Å². The lowest BCUT2D eigenvalue weighted by Crippen LogP contribution is -2.48. The van der Waals surface area contributed by atoms with E-state index in [0.717, 1.165) is 12.4 Å². The molecule has 2 N–H and O–H groups in total. The predicted octanol–water partition coefficient (Wildman–Crippen LogP) is 0.707. The topological polar surface area (TPSA) is 71.8 Å². The number of nitrogens with zero attached hydrogens (tertiary/aromatic N) is 3. The molecule has 6 nitrogen and oxygen atoms in total. The third kappa shape index (κ3) is 2.80. The van der Waals surface area contributed by atoms with Crippen LogP contribution in [0.4, 0.5) is 0 Å². The molecule has 1 unspecified atom stereocenters. The molecular formula is C15H19N5O. The molecule has 2 aromatic rings. The lowest BCUT2D eigenvalue weighted by atomic mass is 9.95. The quantitative estimate of drug-likeness (QED) is 0.871. The second kappa shape index (κ2) is 5.65. The summed E-state index contributed by atoms with van der Waals surface area (Å²) in [6.45, 7) is 2.64. The van der Waals surface area contributed by atoms with Crippen LogP contribution in [0, 0.1) is 0 Å². The molecule has 2 atom stereocenters. The molecule has 0 fully saturated rings. The molecule has 21 heavy (non-hydrogen) atoms. The van der Waals surface area contributed by atoms with E-state index in [1.165, 1.54) is 11.1 Å². The van der Waals surface area contributed by atoms with Crippen molar-refractivity contribution < 1.29 is 4.79 Å². The predicted molar refractivity (Wildman–Crippen MR) is 78.3 cm³/mol. The van der Waals surface area contributed by atoms with Gasteiger partial charge in [-0.25, -0.2) is 0 Å². The first kappa shape index (κ1) is 13.8. The molecule has 0 radical (unpaired) electrons. The van der Waals surface area contributed by atoms with Gasteiger partial charge in [-0.1, -0.05) is 24.3 Å². The van der Waals surface area contributed by atoms with Crippen molar-refractivity contribution in [2.24, 2.45) is 7.05 Å². The highest BCUT2D eigenvalue weighted by Gasteiger charge is 2.25. The largest absolute Gasteiger partial charge is 0.345 e. The zero-order valence-corrected chi connectivity index (χ0v) is 12.2. The van der Waals surface area contributed by atoms with Gasteiger partial charge in [0.05, 0.1) is 12.1 Å². The molecule has 6 heteroatoms. The number of hydrogen-bond donors (Lipinski definition) is 2. The van der Waals surface area contributed by atoms with E-state index in [2.05, 4.69) is 33.0 Å². The van der Waals surface area contributed by atoms with Crippen LogP contribution < -0.4 is 10.6 Å². The van der Waals surface area contributed by atoms with E-state index >= 15 is 0 Å². The maximum atomic E-state index is 12.4. The molecule has 110 valence electrons. The molecule has 1 aromatic heterocycles. The summed E-state index contributed by atoms with van der Waals surface area (Å²) in [5, 5.41) is 14.2. The molecule has 0 bridgehead atoms. The Labute approximate surface area is 123 Å². The number of carbonyl (C=O) groups excluding carboxylic acids is 1. The van der Waals surface area contributed by atoms with Gasteiger partial charge in [-0.05, 0) is 24.5 Å². The molecule has 1 aromatic carbocycles. The average Bonchev–Trinajstić information content (AvgIpc) is 2.93. The fourth-order valence-corrected chi connectivity index (χ4v) is 2.70. The van der Waals surface area contributed by atoms with Crippen molar-refractivity contribution in [3.05, 3.63) is 47.5 Å². The number of fused-ring (bicyclic) bond motifs is 1. The van der Waals surface area contributed by atoms with Crippen molar-refractivity contribution in [1.29, 1.82) is 0 Å². The normalized spacial score (nSPS) is 18.9.